The van der Waals surface area contributed by atoms with E-state index in [1.165, 1.54) is 31.9 Å². The van der Waals surface area contributed by atoms with Crippen LogP contribution < -0.4 is 5.32 Å². The minimum absolute atomic E-state index is 0.255. The molecular weight excluding hydrogens is 228 g/mol. The van der Waals surface area contributed by atoms with Crippen LogP contribution in [-0.4, -0.2) is 22.1 Å². The standard InChI is InChI=1S/C14H20N2O2/c1-9-7-13(12(8-15-9)14(17)18)16-10(2)11-5-3-4-6-11/h7-8,10-11H,3-6H2,1-2H3,(H,15,16)(H,17,18). The fourth-order valence-corrected chi connectivity index (χ4v) is 2.67. The molecule has 0 bridgehead atoms. The summed E-state index contributed by atoms with van der Waals surface area (Å²) in [7, 11) is 0. The molecule has 0 aromatic carbocycles. The number of nitrogens with one attached hydrogen (secondary N) is 1. The lowest BCUT2D eigenvalue weighted by atomic mass is 9.99. The molecule has 1 aromatic heterocycles. The summed E-state index contributed by atoms with van der Waals surface area (Å²) in [5.74, 6) is -0.274. The van der Waals surface area contributed by atoms with Gasteiger partial charge in [-0.15, -0.1) is 0 Å². The van der Waals surface area contributed by atoms with E-state index in [1.54, 1.807) is 0 Å². The Kier molecular flexibility index (Phi) is 3.84. The first kappa shape index (κ1) is 12.9. The Labute approximate surface area is 107 Å². The Bertz CT molecular complexity index is 439. The molecule has 0 radical (unpaired) electrons. The van der Waals surface area contributed by atoms with Gasteiger partial charge in [-0.2, -0.15) is 0 Å². The van der Waals surface area contributed by atoms with Gasteiger partial charge in [-0.25, -0.2) is 4.79 Å². The van der Waals surface area contributed by atoms with Crippen molar-refractivity contribution in [1.29, 1.82) is 0 Å². The number of hydrogen-bond acceptors (Lipinski definition) is 3. The van der Waals surface area contributed by atoms with Crippen molar-refractivity contribution in [3.63, 3.8) is 0 Å². The molecule has 1 aliphatic carbocycles. The third-order valence-corrected chi connectivity index (χ3v) is 3.76. The van der Waals surface area contributed by atoms with Gasteiger partial charge >= 0.3 is 5.97 Å². The van der Waals surface area contributed by atoms with Crippen molar-refractivity contribution in [3.8, 4) is 0 Å². The van der Waals surface area contributed by atoms with Crippen molar-refractivity contribution < 1.29 is 9.90 Å². The highest BCUT2D eigenvalue weighted by Crippen LogP contribution is 2.30. The normalized spacial score (nSPS) is 17.7. The Hall–Kier alpha value is -1.58. The Morgan fingerprint density at radius 3 is 2.78 bits per heavy atom. The number of nitrogens with zero attached hydrogens (tertiary/aromatic N) is 1. The summed E-state index contributed by atoms with van der Waals surface area (Å²) in [6, 6.07) is 2.13. The molecule has 18 heavy (non-hydrogen) atoms. The van der Waals surface area contributed by atoms with Gasteiger partial charge in [-0.3, -0.25) is 4.98 Å². The molecule has 2 N–H and O–H groups in total. The van der Waals surface area contributed by atoms with E-state index in [0.717, 1.165) is 5.69 Å². The van der Waals surface area contributed by atoms with Crippen LogP contribution in [0.5, 0.6) is 0 Å². The summed E-state index contributed by atoms with van der Waals surface area (Å²) in [5.41, 5.74) is 1.78. The topological polar surface area (TPSA) is 62.2 Å². The smallest absolute Gasteiger partial charge is 0.339 e. The van der Waals surface area contributed by atoms with Crippen LogP contribution in [0.1, 0.15) is 48.7 Å². The first-order valence-electron chi connectivity index (χ1n) is 6.54. The zero-order chi connectivity index (χ0) is 13.1. The fraction of sp³-hybridized carbons (Fsp3) is 0.571. The summed E-state index contributed by atoms with van der Waals surface area (Å²) in [6.45, 7) is 4.01. The molecule has 4 heteroatoms. The largest absolute Gasteiger partial charge is 0.478 e. The predicted octanol–water partition coefficient (Wildman–Crippen LogP) is 3.08. The second kappa shape index (κ2) is 5.38. The van der Waals surface area contributed by atoms with Gasteiger partial charge in [-0.1, -0.05) is 12.8 Å². The van der Waals surface area contributed by atoms with Crippen LogP contribution in [0.15, 0.2) is 12.3 Å². The van der Waals surface area contributed by atoms with Crippen LogP contribution >= 0.6 is 0 Å². The average molecular weight is 248 g/mol. The van der Waals surface area contributed by atoms with Crippen molar-refractivity contribution in [3.05, 3.63) is 23.5 Å². The Morgan fingerprint density at radius 2 is 2.17 bits per heavy atom. The Balaban J connectivity index is 2.16. The molecule has 1 unspecified atom stereocenters. The lowest BCUT2D eigenvalue weighted by Crippen LogP contribution is -2.25. The number of carboxylic acids is 1. The van der Waals surface area contributed by atoms with E-state index < -0.39 is 5.97 Å². The van der Waals surface area contributed by atoms with E-state index >= 15 is 0 Å². The number of anilines is 1. The molecule has 1 saturated carbocycles. The molecule has 0 aliphatic heterocycles. The molecule has 1 heterocycles. The van der Waals surface area contributed by atoms with Crippen LogP contribution in [0.3, 0.4) is 0 Å². The van der Waals surface area contributed by atoms with Crippen LogP contribution in [0, 0.1) is 12.8 Å². The van der Waals surface area contributed by atoms with E-state index in [2.05, 4.69) is 17.2 Å². The van der Waals surface area contributed by atoms with Gasteiger partial charge in [0.05, 0.1) is 5.69 Å². The number of rotatable bonds is 4. The van der Waals surface area contributed by atoms with Gasteiger partial charge in [0.25, 0.3) is 0 Å². The zero-order valence-corrected chi connectivity index (χ0v) is 10.9. The SMILES string of the molecule is Cc1cc(NC(C)C2CCCC2)c(C(=O)O)cn1. The maximum atomic E-state index is 11.2. The highest BCUT2D eigenvalue weighted by atomic mass is 16.4. The molecule has 0 spiro atoms. The van der Waals surface area contributed by atoms with Crippen LogP contribution in [0.25, 0.3) is 0 Å². The van der Waals surface area contributed by atoms with E-state index in [1.807, 2.05) is 13.0 Å². The monoisotopic (exact) mass is 248 g/mol. The van der Waals surface area contributed by atoms with Gasteiger partial charge in [0, 0.05) is 17.9 Å². The van der Waals surface area contributed by atoms with Gasteiger partial charge in [0.2, 0.25) is 0 Å². The van der Waals surface area contributed by atoms with E-state index in [-0.39, 0.29) is 5.56 Å². The van der Waals surface area contributed by atoms with Crippen LogP contribution in [0.2, 0.25) is 0 Å². The molecule has 98 valence electrons. The van der Waals surface area contributed by atoms with Crippen molar-refractivity contribution in [1.82, 2.24) is 4.98 Å². The van der Waals surface area contributed by atoms with Crippen LogP contribution in [-0.2, 0) is 0 Å². The average Bonchev–Trinajstić information content (AvgIpc) is 2.81. The quantitative estimate of drug-likeness (QED) is 0.859. The first-order valence-corrected chi connectivity index (χ1v) is 6.54. The summed E-state index contributed by atoms with van der Waals surface area (Å²) >= 11 is 0. The lowest BCUT2D eigenvalue weighted by molar-refractivity contribution is 0.0697. The van der Waals surface area contributed by atoms with Gasteiger partial charge in [0.15, 0.2) is 0 Å². The summed E-state index contributed by atoms with van der Waals surface area (Å²) in [5, 5.41) is 12.5. The number of carboxylic acid groups (broad SMARTS) is 1. The van der Waals surface area contributed by atoms with Crippen molar-refractivity contribution in [2.75, 3.05) is 5.32 Å². The molecule has 1 fully saturated rings. The number of pyridine rings is 1. The van der Waals surface area contributed by atoms with E-state index in [0.29, 0.717) is 17.6 Å². The molecule has 0 saturated heterocycles. The second-order valence-electron chi connectivity index (χ2n) is 5.15. The summed E-state index contributed by atoms with van der Waals surface area (Å²) in [6.07, 6.45) is 6.48. The molecule has 4 nitrogen and oxygen atoms in total. The van der Waals surface area contributed by atoms with E-state index in [9.17, 15) is 4.79 Å². The minimum atomic E-state index is -0.927. The first-order chi connectivity index (χ1) is 8.58. The number of carbonyl (C=O) groups is 1. The Morgan fingerprint density at radius 1 is 1.50 bits per heavy atom. The fourth-order valence-electron chi connectivity index (χ4n) is 2.67. The van der Waals surface area contributed by atoms with Gasteiger partial charge in [0.1, 0.15) is 5.56 Å². The zero-order valence-electron chi connectivity index (χ0n) is 10.9. The predicted molar refractivity (Wildman–Crippen MR) is 71.0 cm³/mol. The molecule has 1 atom stereocenters. The molecule has 1 aromatic rings. The van der Waals surface area contributed by atoms with Crippen molar-refractivity contribution >= 4 is 11.7 Å². The lowest BCUT2D eigenvalue weighted by Gasteiger charge is -2.22. The van der Waals surface area contributed by atoms with Crippen LogP contribution in [0.4, 0.5) is 5.69 Å². The molecule has 1 aliphatic rings. The third-order valence-electron chi connectivity index (χ3n) is 3.76. The highest BCUT2D eigenvalue weighted by Gasteiger charge is 2.22. The maximum absolute atomic E-state index is 11.2. The van der Waals surface area contributed by atoms with Gasteiger partial charge in [-0.05, 0) is 38.7 Å². The molecule has 2 rings (SSSR count). The van der Waals surface area contributed by atoms with Crippen molar-refractivity contribution in [2.45, 2.75) is 45.6 Å². The van der Waals surface area contributed by atoms with Crippen molar-refractivity contribution in [2.24, 2.45) is 5.92 Å². The number of hydrogen-bond donors (Lipinski definition) is 2. The molecule has 0 amide bonds. The van der Waals surface area contributed by atoms with Gasteiger partial charge < -0.3 is 10.4 Å². The maximum Gasteiger partial charge on any atom is 0.339 e. The number of aromatic carboxylic acids is 1. The van der Waals surface area contributed by atoms with E-state index in [4.69, 9.17) is 5.11 Å². The summed E-state index contributed by atoms with van der Waals surface area (Å²) in [4.78, 5) is 15.2. The summed E-state index contributed by atoms with van der Waals surface area (Å²) < 4.78 is 0. The number of aromatic nitrogens is 1. The highest BCUT2D eigenvalue weighted by molar-refractivity contribution is 5.93. The molecular formula is C14H20N2O2. The third kappa shape index (κ3) is 2.81. The second-order valence-corrected chi connectivity index (χ2v) is 5.15. The minimum Gasteiger partial charge on any atom is -0.478 e. The number of aryl methyl sites for hydroxylation is 1.